The summed E-state index contributed by atoms with van der Waals surface area (Å²) < 4.78 is 64.2. The van der Waals surface area contributed by atoms with Crippen molar-refractivity contribution in [2.45, 2.75) is 24.8 Å². The van der Waals surface area contributed by atoms with Crippen molar-refractivity contribution in [1.29, 1.82) is 5.26 Å². The summed E-state index contributed by atoms with van der Waals surface area (Å²) in [4.78, 5) is 0. The van der Waals surface area contributed by atoms with Crippen LogP contribution in [0.5, 0.6) is 11.5 Å². The third kappa shape index (κ3) is 4.12. The molecular formula is C17H13ClF3NO4S. The van der Waals surface area contributed by atoms with Crippen molar-refractivity contribution in [3.05, 3.63) is 58.1 Å². The van der Waals surface area contributed by atoms with Crippen LogP contribution in [-0.2, 0) is 15.5 Å². The largest absolute Gasteiger partial charge is 0.534 e. The molecule has 0 spiro atoms. The molecule has 0 amide bonds. The maximum Gasteiger partial charge on any atom is 0.534 e. The zero-order valence-corrected chi connectivity index (χ0v) is 15.6. The average molecular weight is 420 g/mol. The van der Waals surface area contributed by atoms with E-state index in [0.29, 0.717) is 5.56 Å². The number of nitrogens with zero attached hydrogens (tertiary/aromatic N) is 1. The molecular weight excluding hydrogens is 407 g/mol. The van der Waals surface area contributed by atoms with E-state index < -0.39 is 37.4 Å². The van der Waals surface area contributed by atoms with Crippen molar-refractivity contribution in [3.8, 4) is 17.6 Å². The number of hydrogen-bond donors (Lipinski definition) is 1. The van der Waals surface area contributed by atoms with Gasteiger partial charge in [-0.15, -0.1) is 0 Å². The maximum atomic E-state index is 12.5. The maximum absolute atomic E-state index is 12.5. The number of hydrogen-bond acceptors (Lipinski definition) is 5. The van der Waals surface area contributed by atoms with Crippen LogP contribution in [0.15, 0.2) is 36.4 Å². The van der Waals surface area contributed by atoms with Gasteiger partial charge in [0.25, 0.3) is 0 Å². The summed E-state index contributed by atoms with van der Waals surface area (Å²) in [5.74, 6) is -0.840. The molecule has 2 rings (SSSR count). The zero-order valence-electron chi connectivity index (χ0n) is 14.0. The Labute approximate surface area is 158 Å². The van der Waals surface area contributed by atoms with E-state index in [1.54, 1.807) is 32.0 Å². The van der Waals surface area contributed by atoms with Crippen LogP contribution in [0.1, 0.15) is 30.5 Å². The first-order valence-corrected chi connectivity index (χ1v) is 9.12. The van der Waals surface area contributed by atoms with Crippen LogP contribution < -0.4 is 4.18 Å². The van der Waals surface area contributed by atoms with Gasteiger partial charge in [0.1, 0.15) is 11.8 Å². The smallest absolute Gasteiger partial charge is 0.508 e. The standard InChI is InChI=1S/C17H13ClF3NO4S/c1-16(2,11-3-5-13(23)6-4-11)12-7-10(9-22)15(14(18)8-12)26-27(24,25)17(19,20)21/h3-8,23H,1-2H3. The van der Waals surface area contributed by atoms with Crippen LogP contribution in [0.4, 0.5) is 13.2 Å². The van der Waals surface area contributed by atoms with Gasteiger partial charge >= 0.3 is 15.6 Å². The van der Waals surface area contributed by atoms with E-state index in [-0.39, 0.29) is 5.75 Å². The second-order valence-electron chi connectivity index (χ2n) is 6.10. The van der Waals surface area contributed by atoms with E-state index in [0.717, 1.165) is 5.56 Å². The van der Waals surface area contributed by atoms with Gasteiger partial charge in [-0.3, -0.25) is 0 Å². The number of phenols is 1. The molecule has 0 saturated carbocycles. The Hall–Kier alpha value is -2.44. The number of rotatable bonds is 4. The van der Waals surface area contributed by atoms with Crippen molar-refractivity contribution >= 4 is 21.7 Å². The Morgan fingerprint density at radius 2 is 1.67 bits per heavy atom. The highest BCUT2D eigenvalue weighted by molar-refractivity contribution is 7.88. The average Bonchev–Trinajstić information content (AvgIpc) is 2.55. The molecule has 0 heterocycles. The second kappa shape index (κ2) is 6.94. The van der Waals surface area contributed by atoms with E-state index >= 15 is 0 Å². The number of phenolic OH excluding ortho intramolecular Hbond substituents is 1. The summed E-state index contributed by atoms with van der Waals surface area (Å²) >= 11 is 5.94. The number of alkyl halides is 3. The molecule has 2 aromatic rings. The Morgan fingerprint density at radius 1 is 1.11 bits per heavy atom. The van der Waals surface area contributed by atoms with Gasteiger partial charge < -0.3 is 9.29 Å². The predicted molar refractivity (Wildman–Crippen MR) is 92.0 cm³/mol. The third-order valence-corrected chi connectivity index (χ3v) is 5.19. The van der Waals surface area contributed by atoms with Crippen molar-refractivity contribution in [3.63, 3.8) is 0 Å². The minimum absolute atomic E-state index is 0.0476. The van der Waals surface area contributed by atoms with Gasteiger partial charge in [-0.25, -0.2) is 0 Å². The van der Waals surface area contributed by atoms with Crippen molar-refractivity contribution in [1.82, 2.24) is 0 Å². The van der Waals surface area contributed by atoms with Gasteiger partial charge in [-0.1, -0.05) is 37.6 Å². The molecule has 0 aliphatic carbocycles. The highest BCUT2D eigenvalue weighted by atomic mass is 35.5. The summed E-state index contributed by atoms with van der Waals surface area (Å²) in [6, 6.07) is 10.2. The molecule has 0 aliphatic heterocycles. The highest BCUT2D eigenvalue weighted by Crippen LogP contribution is 2.40. The number of aromatic hydroxyl groups is 1. The van der Waals surface area contributed by atoms with E-state index in [2.05, 4.69) is 4.18 Å². The lowest BCUT2D eigenvalue weighted by atomic mass is 9.77. The van der Waals surface area contributed by atoms with Gasteiger partial charge in [0.15, 0.2) is 5.75 Å². The molecule has 5 nitrogen and oxygen atoms in total. The van der Waals surface area contributed by atoms with Gasteiger partial charge in [0, 0.05) is 5.41 Å². The predicted octanol–water partition coefficient (Wildman–Crippen LogP) is 4.47. The van der Waals surface area contributed by atoms with Crippen LogP contribution in [0, 0.1) is 11.3 Å². The van der Waals surface area contributed by atoms with Crippen LogP contribution in [-0.4, -0.2) is 19.0 Å². The first-order valence-electron chi connectivity index (χ1n) is 7.34. The molecule has 10 heteroatoms. The van der Waals surface area contributed by atoms with Crippen LogP contribution in [0.25, 0.3) is 0 Å². The first kappa shape index (κ1) is 20.9. The van der Waals surface area contributed by atoms with Gasteiger partial charge in [-0.2, -0.15) is 26.9 Å². The summed E-state index contributed by atoms with van der Waals surface area (Å²) in [5.41, 5.74) is -5.72. The molecule has 0 saturated heterocycles. The van der Waals surface area contributed by atoms with Crippen LogP contribution in [0.2, 0.25) is 5.02 Å². The summed E-state index contributed by atoms with van der Waals surface area (Å²) in [5, 5.41) is 18.2. The molecule has 0 bridgehead atoms. The van der Waals surface area contributed by atoms with Crippen LogP contribution in [0.3, 0.4) is 0 Å². The molecule has 0 radical (unpaired) electrons. The molecule has 0 aromatic heterocycles. The summed E-state index contributed by atoms with van der Waals surface area (Å²) in [6.07, 6.45) is 0. The monoisotopic (exact) mass is 419 g/mol. The lowest BCUT2D eigenvalue weighted by Crippen LogP contribution is -2.28. The fourth-order valence-electron chi connectivity index (χ4n) is 2.32. The van der Waals surface area contributed by atoms with Gasteiger partial charge in [-0.05, 0) is 35.4 Å². The Bertz CT molecular complexity index is 1010. The van der Waals surface area contributed by atoms with Crippen molar-refractivity contribution in [2.75, 3.05) is 0 Å². The van der Waals surface area contributed by atoms with E-state index in [4.69, 9.17) is 11.6 Å². The Kier molecular flexibility index (Phi) is 5.37. The van der Waals surface area contributed by atoms with E-state index in [1.165, 1.54) is 24.3 Å². The normalized spacial score (nSPS) is 12.5. The molecule has 0 atom stereocenters. The molecule has 1 N–H and O–H groups in total. The Morgan fingerprint density at radius 3 is 2.15 bits per heavy atom. The molecule has 0 unspecified atom stereocenters. The number of halogens is 4. The molecule has 144 valence electrons. The highest BCUT2D eigenvalue weighted by Gasteiger charge is 2.49. The molecule has 27 heavy (non-hydrogen) atoms. The third-order valence-electron chi connectivity index (χ3n) is 3.95. The Balaban J connectivity index is 2.56. The van der Waals surface area contributed by atoms with E-state index in [9.17, 15) is 32.0 Å². The topological polar surface area (TPSA) is 87.4 Å². The number of benzene rings is 2. The lowest BCUT2D eigenvalue weighted by Gasteiger charge is -2.27. The van der Waals surface area contributed by atoms with Crippen LogP contribution >= 0.6 is 11.6 Å². The molecule has 0 aliphatic rings. The van der Waals surface area contributed by atoms with Crippen molar-refractivity contribution < 1.29 is 30.9 Å². The van der Waals surface area contributed by atoms with Gasteiger partial charge in [0.2, 0.25) is 0 Å². The lowest BCUT2D eigenvalue weighted by molar-refractivity contribution is -0.0500. The van der Waals surface area contributed by atoms with E-state index in [1.807, 2.05) is 0 Å². The molecule has 0 fully saturated rings. The zero-order chi connectivity index (χ0) is 20.6. The summed E-state index contributed by atoms with van der Waals surface area (Å²) in [6.45, 7) is 3.53. The quantitative estimate of drug-likeness (QED) is 0.583. The fourth-order valence-corrected chi connectivity index (χ4v) is 3.12. The SMILES string of the molecule is CC(C)(c1ccc(O)cc1)c1cc(Cl)c(OS(=O)(=O)C(F)(F)F)c(C#N)c1. The minimum Gasteiger partial charge on any atom is -0.508 e. The minimum atomic E-state index is -5.97. The number of nitriles is 1. The van der Waals surface area contributed by atoms with Gasteiger partial charge in [0.05, 0.1) is 10.6 Å². The van der Waals surface area contributed by atoms with Crippen molar-refractivity contribution in [2.24, 2.45) is 0 Å². The second-order valence-corrected chi connectivity index (χ2v) is 8.05. The fraction of sp³-hybridized carbons (Fsp3) is 0.235. The molecule has 2 aromatic carbocycles. The first-order chi connectivity index (χ1) is 12.3. The summed E-state index contributed by atoms with van der Waals surface area (Å²) in [7, 11) is -5.97.